The standard InChI is InChI=1S/C46H30N2/c1-29-12-10-17-34(24-29)48-43-23-22-32(33-26-41(30-13-4-2-5-14-30)47-42(27-33)31-15-6-3-7-16-31)25-40(43)46-38-21-11-20-37-35-18-8-9-19-36(35)39(45(37)38)28-44(46)48/h2-28H,1H3. The maximum absolute atomic E-state index is 5.15. The Morgan fingerprint density at radius 3 is 1.75 bits per heavy atom. The Balaban J connectivity index is 1.29. The monoisotopic (exact) mass is 610 g/mol. The SMILES string of the molecule is Cc1cccc(-n2c3ccc(-c4cc(-c5ccccc5)nc(-c5ccccc5)c4)cc3c3c4cccc5c4c(cc32)-c2ccccc2-5)c1. The molecule has 2 aromatic heterocycles. The molecule has 224 valence electrons. The maximum atomic E-state index is 5.15. The second kappa shape index (κ2) is 10.4. The number of hydrogen-bond acceptors (Lipinski definition) is 1. The van der Waals surface area contributed by atoms with Gasteiger partial charge in [-0.1, -0.05) is 121 Å². The van der Waals surface area contributed by atoms with Crippen LogP contribution in [-0.4, -0.2) is 9.55 Å². The molecule has 0 radical (unpaired) electrons. The Labute approximate surface area is 279 Å². The summed E-state index contributed by atoms with van der Waals surface area (Å²) < 4.78 is 2.46. The van der Waals surface area contributed by atoms with Crippen molar-refractivity contribution in [2.45, 2.75) is 6.92 Å². The van der Waals surface area contributed by atoms with Gasteiger partial charge in [0.15, 0.2) is 0 Å². The van der Waals surface area contributed by atoms with E-state index in [4.69, 9.17) is 4.98 Å². The van der Waals surface area contributed by atoms with E-state index in [1.165, 1.54) is 71.6 Å². The van der Waals surface area contributed by atoms with Gasteiger partial charge in [0.1, 0.15) is 0 Å². The first-order valence-corrected chi connectivity index (χ1v) is 16.6. The molecule has 0 bridgehead atoms. The number of pyridine rings is 1. The molecule has 1 aliphatic carbocycles. The molecule has 1 aliphatic rings. The van der Waals surface area contributed by atoms with Crippen LogP contribution in [0.1, 0.15) is 5.56 Å². The van der Waals surface area contributed by atoms with Crippen LogP contribution in [0.5, 0.6) is 0 Å². The lowest BCUT2D eigenvalue weighted by Crippen LogP contribution is -1.95. The van der Waals surface area contributed by atoms with E-state index in [-0.39, 0.29) is 0 Å². The lowest BCUT2D eigenvalue weighted by Gasteiger charge is -2.12. The van der Waals surface area contributed by atoms with E-state index in [1.54, 1.807) is 0 Å². The molecule has 2 heterocycles. The van der Waals surface area contributed by atoms with Crippen molar-refractivity contribution in [2.24, 2.45) is 0 Å². The highest BCUT2D eigenvalue weighted by Gasteiger charge is 2.25. The number of aryl methyl sites for hydroxylation is 1. The topological polar surface area (TPSA) is 17.8 Å². The number of fused-ring (bicyclic) bond motifs is 7. The summed E-state index contributed by atoms with van der Waals surface area (Å²) >= 11 is 0. The lowest BCUT2D eigenvalue weighted by atomic mass is 9.96. The summed E-state index contributed by atoms with van der Waals surface area (Å²) in [6.45, 7) is 2.17. The van der Waals surface area contributed by atoms with E-state index < -0.39 is 0 Å². The fraction of sp³-hybridized carbons (Fsp3) is 0.0217. The van der Waals surface area contributed by atoms with Crippen molar-refractivity contribution >= 4 is 32.6 Å². The molecule has 7 aromatic carbocycles. The normalized spacial score (nSPS) is 11.9. The van der Waals surface area contributed by atoms with Crippen molar-refractivity contribution in [3.63, 3.8) is 0 Å². The molecule has 10 rings (SSSR count). The zero-order valence-corrected chi connectivity index (χ0v) is 26.5. The Hall–Kier alpha value is -6.25. The Morgan fingerprint density at radius 2 is 1.04 bits per heavy atom. The molecule has 2 nitrogen and oxygen atoms in total. The van der Waals surface area contributed by atoms with Gasteiger partial charge in [-0.2, -0.15) is 0 Å². The van der Waals surface area contributed by atoms with Gasteiger partial charge >= 0.3 is 0 Å². The molecule has 0 saturated carbocycles. The van der Waals surface area contributed by atoms with Gasteiger partial charge in [0.05, 0.1) is 22.4 Å². The van der Waals surface area contributed by atoms with Gasteiger partial charge in [-0.3, -0.25) is 0 Å². The molecule has 0 spiro atoms. The summed E-state index contributed by atoms with van der Waals surface area (Å²) in [6.07, 6.45) is 0. The predicted octanol–water partition coefficient (Wildman–Crippen LogP) is 12.3. The first-order chi connectivity index (χ1) is 23.7. The molecule has 0 fully saturated rings. The number of hydrogen-bond donors (Lipinski definition) is 0. The van der Waals surface area contributed by atoms with Crippen molar-refractivity contribution in [1.29, 1.82) is 0 Å². The average Bonchev–Trinajstić information content (AvgIpc) is 3.65. The van der Waals surface area contributed by atoms with Gasteiger partial charge in [-0.05, 0) is 99.1 Å². The molecule has 0 unspecified atom stereocenters. The molecular formula is C46H30N2. The van der Waals surface area contributed by atoms with E-state index in [0.717, 1.165) is 28.1 Å². The van der Waals surface area contributed by atoms with E-state index in [1.807, 2.05) is 0 Å². The van der Waals surface area contributed by atoms with E-state index in [2.05, 4.69) is 175 Å². The minimum atomic E-state index is 0.970. The molecule has 9 aromatic rings. The Morgan fingerprint density at radius 1 is 0.396 bits per heavy atom. The zero-order valence-electron chi connectivity index (χ0n) is 26.5. The van der Waals surface area contributed by atoms with Crippen molar-refractivity contribution < 1.29 is 0 Å². The smallest absolute Gasteiger partial charge is 0.0715 e. The summed E-state index contributed by atoms with van der Waals surface area (Å²) in [5.74, 6) is 0. The minimum Gasteiger partial charge on any atom is -0.309 e. The van der Waals surface area contributed by atoms with Crippen molar-refractivity contribution in [3.05, 3.63) is 169 Å². The molecule has 0 aliphatic heterocycles. The number of aromatic nitrogens is 2. The van der Waals surface area contributed by atoms with Gasteiger partial charge in [0, 0.05) is 27.6 Å². The van der Waals surface area contributed by atoms with Gasteiger partial charge in [0.25, 0.3) is 0 Å². The van der Waals surface area contributed by atoms with Gasteiger partial charge in [0.2, 0.25) is 0 Å². The van der Waals surface area contributed by atoms with E-state index >= 15 is 0 Å². The van der Waals surface area contributed by atoms with Crippen molar-refractivity contribution in [3.8, 4) is 61.6 Å². The highest BCUT2D eigenvalue weighted by atomic mass is 15.0. The summed E-state index contributed by atoms with van der Waals surface area (Å²) in [7, 11) is 0. The highest BCUT2D eigenvalue weighted by Crippen LogP contribution is 2.51. The average molecular weight is 611 g/mol. The first-order valence-electron chi connectivity index (χ1n) is 16.6. The summed E-state index contributed by atoms with van der Waals surface area (Å²) in [6, 6.07) is 59.4. The molecule has 0 amide bonds. The van der Waals surface area contributed by atoms with E-state index in [0.29, 0.717) is 0 Å². The number of benzene rings is 7. The van der Waals surface area contributed by atoms with Crippen LogP contribution in [0.2, 0.25) is 0 Å². The lowest BCUT2D eigenvalue weighted by molar-refractivity contribution is 1.17. The van der Waals surface area contributed by atoms with Crippen molar-refractivity contribution in [1.82, 2.24) is 9.55 Å². The fourth-order valence-electron chi connectivity index (χ4n) is 7.82. The third-order valence-electron chi connectivity index (χ3n) is 9.95. The predicted molar refractivity (Wildman–Crippen MR) is 202 cm³/mol. The van der Waals surface area contributed by atoms with Crippen LogP contribution in [0, 0.1) is 6.92 Å². The highest BCUT2D eigenvalue weighted by molar-refractivity contribution is 6.29. The van der Waals surface area contributed by atoms with Gasteiger partial charge < -0.3 is 4.57 Å². The summed E-state index contributed by atoms with van der Waals surface area (Å²) in [4.78, 5) is 5.15. The van der Waals surface area contributed by atoms with E-state index in [9.17, 15) is 0 Å². The molecule has 0 atom stereocenters. The maximum Gasteiger partial charge on any atom is 0.0715 e. The van der Waals surface area contributed by atoms with Crippen LogP contribution < -0.4 is 0 Å². The Kier molecular flexibility index (Phi) is 5.82. The van der Waals surface area contributed by atoms with Crippen LogP contribution in [0.3, 0.4) is 0 Å². The molecule has 0 saturated heterocycles. The molecule has 2 heteroatoms. The zero-order chi connectivity index (χ0) is 31.8. The van der Waals surface area contributed by atoms with Crippen LogP contribution in [0.25, 0.3) is 94.2 Å². The molecule has 48 heavy (non-hydrogen) atoms. The third kappa shape index (κ3) is 4.03. The van der Waals surface area contributed by atoms with Crippen LogP contribution in [0.4, 0.5) is 0 Å². The van der Waals surface area contributed by atoms with Crippen molar-refractivity contribution in [2.75, 3.05) is 0 Å². The molecular weight excluding hydrogens is 581 g/mol. The number of nitrogens with zero attached hydrogens (tertiary/aromatic N) is 2. The fourth-order valence-corrected chi connectivity index (χ4v) is 7.82. The number of rotatable bonds is 4. The third-order valence-corrected chi connectivity index (χ3v) is 9.95. The quantitative estimate of drug-likeness (QED) is 0.194. The largest absolute Gasteiger partial charge is 0.309 e. The van der Waals surface area contributed by atoms with Crippen LogP contribution >= 0.6 is 0 Å². The van der Waals surface area contributed by atoms with Crippen LogP contribution in [-0.2, 0) is 0 Å². The molecule has 0 N–H and O–H groups in total. The second-order valence-corrected chi connectivity index (χ2v) is 12.9. The van der Waals surface area contributed by atoms with Gasteiger partial charge in [-0.15, -0.1) is 0 Å². The first kappa shape index (κ1) is 26.9. The second-order valence-electron chi connectivity index (χ2n) is 12.9. The Bertz CT molecular complexity index is 2660. The summed E-state index contributed by atoms with van der Waals surface area (Å²) in [5.41, 5.74) is 16.6. The summed E-state index contributed by atoms with van der Waals surface area (Å²) in [5, 5.41) is 5.20. The van der Waals surface area contributed by atoms with Gasteiger partial charge in [-0.25, -0.2) is 4.98 Å². The van der Waals surface area contributed by atoms with Crippen LogP contribution in [0.15, 0.2) is 164 Å². The minimum absolute atomic E-state index is 0.970.